The van der Waals surface area contributed by atoms with Gasteiger partial charge in [-0.05, 0) is 36.1 Å². The maximum absolute atomic E-state index is 13.8. The molecule has 0 heterocycles. The number of rotatable bonds is 4. The highest BCUT2D eigenvalue weighted by atomic mass is 35.5. The first-order valence-corrected chi connectivity index (χ1v) is 7.26. The molecule has 0 saturated heterocycles. The van der Waals surface area contributed by atoms with Crippen LogP contribution in [0.5, 0.6) is 11.5 Å². The lowest BCUT2D eigenvalue weighted by Gasteiger charge is -2.11. The van der Waals surface area contributed by atoms with E-state index in [0.29, 0.717) is 11.3 Å². The minimum absolute atomic E-state index is 0.0511. The van der Waals surface area contributed by atoms with E-state index in [4.69, 9.17) is 16.3 Å². The van der Waals surface area contributed by atoms with E-state index in [2.05, 4.69) is 0 Å². The first-order chi connectivity index (χ1) is 9.15. The Morgan fingerprint density at radius 1 is 1.16 bits per heavy atom. The quantitative estimate of drug-likeness (QED) is 0.565. The first-order valence-electron chi connectivity index (χ1n) is 5.50. The molecule has 0 spiro atoms. The zero-order valence-electron chi connectivity index (χ0n) is 10.1. The zero-order chi connectivity index (χ0) is 13.8. The number of hydrogen-bond acceptors (Lipinski definition) is 2. The van der Waals surface area contributed by atoms with E-state index in [1.54, 1.807) is 12.1 Å². The molecular formula is C14H11ClF2OS. The Morgan fingerprint density at radius 2 is 1.79 bits per heavy atom. The second-order valence-electron chi connectivity index (χ2n) is 3.78. The van der Waals surface area contributed by atoms with Crippen LogP contribution < -0.4 is 4.74 Å². The van der Waals surface area contributed by atoms with Gasteiger partial charge in [-0.1, -0.05) is 12.1 Å². The number of hydrogen-bond donors (Lipinski definition) is 0. The molecule has 0 bridgehead atoms. The van der Waals surface area contributed by atoms with Gasteiger partial charge in [-0.2, -0.15) is 0 Å². The van der Waals surface area contributed by atoms with Crippen LogP contribution in [-0.2, 0) is 5.88 Å². The van der Waals surface area contributed by atoms with E-state index in [1.807, 2.05) is 18.4 Å². The van der Waals surface area contributed by atoms with Crippen molar-refractivity contribution in [3.8, 4) is 11.5 Å². The molecule has 0 N–H and O–H groups in total. The summed E-state index contributed by atoms with van der Waals surface area (Å²) < 4.78 is 32.9. The molecule has 0 aliphatic heterocycles. The third-order valence-corrected chi connectivity index (χ3v) is 3.58. The number of benzene rings is 2. The van der Waals surface area contributed by atoms with Crippen molar-refractivity contribution in [2.45, 2.75) is 10.8 Å². The van der Waals surface area contributed by atoms with Crippen molar-refractivity contribution in [3.63, 3.8) is 0 Å². The Balaban J connectivity index is 2.38. The van der Waals surface area contributed by atoms with Crippen molar-refractivity contribution in [1.82, 2.24) is 0 Å². The van der Waals surface area contributed by atoms with Crippen LogP contribution in [-0.4, -0.2) is 6.26 Å². The smallest absolute Gasteiger partial charge is 0.198 e. The molecule has 0 radical (unpaired) electrons. The summed E-state index contributed by atoms with van der Waals surface area (Å²) in [6, 6.07) is 9.42. The van der Waals surface area contributed by atoms with Gasteiger partial charge in [0.2, 0.25) is 0 Å². The molecular weight excluding hydrogens is 290 g/mol. The van der Waals surface area contributed by atoms with Gasteiger partial charge in [0, 0.05) is 10.8 Å². The summed E-state index contributed by atoms with van der Waals surface area (Å²) in [5.41, 5.74) is 0.377. The Bertz CT molecular complexity index is 566. The van der Waals surface area contributed by atoms with Gasteiger partial charge in [0.15, 0.2) is 17.4 Å². The highest BCUT2D eigenvalue weighted by molar-refractivity contribution is 7.98. The van der Waals surface area contributed by atoms with Crippen molar-refractivity contribution >= 4 is 23.4 Å². The highest BCUT2D eigenvalue weighted by Gasteiger charge is 2.14. The van der Waals surface area contributed by atoms with Crippen molar-refractivity contribution in [2.75, 3.05) is 6.26 Å². The normalized spacial score (nSPS) is 10.5. The molecule has 5 heteroatoms. The summed E-state index contributed by atoms with van der Waals surface area (Å²) >= 11 is 7.00. The van der Waals surface area contributed by atoms with E-state index in [1.165, 1.54) is 23.9 Å². The SMILES string of the molecule is CSc1ccccc1Oc1c(F)cc(CCl)cc1F. The summed E-state index contributed by atoms with van der Waals surface area (Å²) in [4.78, 5) is 0.808. The van der Waals surface area contributed by atoms with Gasteiger partial charge in [-0.25, -0.2) is 8.78 Å². The molecule has 0 saturated carbocycles. The average Bonchev–Trinajstić information content (AvgIpc) is 2.43. The molecule has 0 unspecified atom stereocenters. The number of ether oxygens (including phenoxy) is 1. The van der Waals surface area contributed by atoms with Crippen molar-refractivity contribution < 1.29 is 13.5 Å². The van der Waals surface area contributed by atoms with Crippen LogP contribution in [0.3, 0.4) is 0 Å². The third-order valence-electron chi connectivity index (χ3n) is 2.49. The van der Waals surface area contributed by atoms with E-state index < -0.39 is 17.4 Å². The molecule has 2 aromatic carbocycles. The second kappa shape index (κ2) is 6.26. The van der Waals surface area contributed by atoms with Crippen LogP contribution in [0, 0.1) is 11.6 Å². The Morgan fingerprint density at radius 3 is 2.37 bits per heavy atom. The molecule has 0 aromatic heterocycles. The Kier molecular flexibility index (Phi) is 4.66. The van der Waals surface area contributed by atoms with Crippen LogP contribution in [0.4, 0.5) is 8.78 Å². The molecule has 0 fully saturated rings. The van der Waals surface area contributed by atoms with Crippen molar-refractivity contribution in [2.24, 2.45) is 0 Å². The van der Waals surface area contributed by atoms with Crippen molar-refractivity contribution in [1.29, 1.82) is 0 Å². The predicted octanol–water partition coefficient (Wildman–Crippen LogP) is 5.22. The number of alkyl halides is 1. The van der Waals surface area contributed by atoms with Gasteiger partial charge in [0.1, 0.15) is 5.75 Å². The third kappa shape index (κ3) is 3.19. The monoisotopic (exact) mass is 300 g/mol. The summed E-state index contributed by atoms with van der Waals surface area (Å²) in [5.74, 6) is -1.45. The average molecular weight is 301 g/mol. The maximum atomic E-state index is 13.8. The fraction of sp³-hybridized carbons (Fsp3) is 0.143. The largest absolute Gasteiger partial charge is 0.450 e. The van der Waals surface area contributed by atoms with Gasteiger partial charge >= 0.3 is 0 Å². The second-order valence-corrected chi connectivity index (χ2v) is 4.89. The summed E-state index contributed by atoms with van der Waals surface area (Å²) in [6.07, 6.45) is 1.87. The van der Waals surface area contributed by atoms with Crippen LogP contribution in [0.15, 0.2) is 41.3 Å². The van der Waals surface area contributed by atoms with Gasteiger partial charge in [-0.3, -0.25) is 0 Å². The van der Waals surface area contributed by atoms with E-state index in [0.717, 1.165) is 4.90 Å². The summed E-state index contributed by atoms with van der Waals surface area (Å²) in [5, 5.41) is 0. The predicted molar refractivity (Wildman–Crippen MR) is 74.2 cm³/mol. The fourth-order valence-corrected chi connectivity index (χ4v) is 2.28. The Labute approximate surface area is 119 Å². The van der Waals surface area contributed by atoms with Crippen LogP contribution in [0.2, 0.25) is 0 Å². The minimum Gasteiger partial charge on any atom is -0.450 e. The summed E-state index contributed by atoms with van der Waals surface area (Å²) in [7, 11) is 0. The zero-order valence-corrected chi connectivity index (χ0v) is 11.7. The molecule has 0 aliphatic rings. The molecule has 0 aliphatic carbocycles. The van der Waals surface area contributed by atoms with Crippen LogP contribution in [0.1, 0.15) is 5.56 Å². The lowest BCUT2D eigenvalue weighted by atomic mass is 10.2. The molecule has 1 nitrogen and oxygen atoms in total. The number of thioether (sulfide) groups is 1. The molecule has 2 rings (SSSR count). The van der Waals surface area contributed by atoms with Gasteiger partial charge in [0.25, 0.3) is 0 Å². The molecule has 0 atom stereocenters. The van der Waals surface area contributed by atoms with Crippen LogP contribution in [0.25, 0.3) is 0 Å². The minimum atomic E-state index is -0.758. The van der Waals surface area contributed by atoms with Gasteiger partial charge < -0.3 is 4.74 Å². The molecule has 19 heavy (non-hydrogen) atoms. The van der Waals surface area contributed by atoms with E-state index in [-0.39, 0.29) is 5.88 Å². The number of para-hydroxylation sites is 1. The van der Waals surface area contributed by atoms with E-state index in [9.17, 15) is 8.78 Å². The molecule has 2 aromatic rings. The van der Waals surface area contributed by atoms with Gasteiger partial charge in [-0.15, -0.1) is 23.4 Å². The maximum Gasteiger partial charge on any atom is 0.198 e. The highest BCUT2D eigenvalue weighted by Crippen LogP contribution is 2.34. The van der Waals surface area contributed by atoms with Crippen molar-refractivity contribution in [3.05, 3.63) is 53.6 Å². The summed E-state index contributed by atoms with van der Waals surface area (Å²) in [6.45, 7) is 0. The fourth-order valence-electron chi connectivity index (χ4n) is 1.60. The standard InChI is InChI=1S/C14H11ClF2OS/c1-19-13-5-3-2-4-12(13)18-14-10(16)6-9(8-15)7-11(14)17/h2-7H,8H2,1H3. The molecule has 0 amide bonds. The topological polar surface area (TPSA) is 9.23 Å². The molecule has 100 valence electrons. The number of halogens is 3. The Hall–Kier alpha value is -1.26. The lowest BCUT2D eigenvalue weighted by Crippen LogP contribution is -1.95. The van der Waals surface area contributed by atoms with Gasteiger partial charge in [0.05, 0.1) is 0 Å². The van der Waals surface area contributed by atoms with E-state index >= 15 is 0 Å². The van der Waals surface area contributed by atoms with Crippen LogP contribution >= 0.6 is 23.4 Å². The first kappa shape index (κ1) is 14.2. The lowest BCUT2D eigenvalue weighted by molar-refractivity contribution is 0.400.